The Labute approximate surface area is 88.2 Å². The molecule has 1 aromatic carbocycles. The third-order valence-electron chi connectivity index (χ3n) is 2.03. The van der Waals surface area contributed by atoms with Crippen molar-refractivity contribution in [3.8, 4) is 5.75 Å². The van der Waals surface area contributed by atoms with Gasteiger partial charge in [-0.25, -0.2) is 0 Å². The molecular formula is C10H12ClNO2. The van der Waals surface area contributed by atoms with E-state index in [-0.39, 0.29) is 0 Å². The van der Waals surface area contributed by atoms with E-state index < -0.39 is 5.37 Å². The normalized spacial score (nSPS) is 9.71. The summed E-state index contributed by atoms with van der Waals surface area (Å²) in [6.45, 7) is 1.91. The molecule has 1 amide bonds. The Morgan fingerprint density at radius 1 is 1.50 bits per heavy atom. The van der Waals surface area contributed by atoms with Gasteiger partial charge in [-0.05, 0) is 42.3 Å². The molecule has 76 valence electrons. The van der Waals surface area contributed by atoms with Crippen LogP contribution in [0, 0.1) is 6.92 Å². The first-order chi connectivity index (χ1) is 6.56. The zero-order valence-corrected chi connectivity index (χ0v) is 9.13. The summed E-state index contributed by atoms with van der Waals surface area (Å²) < 4.78 is 5.10. The van der Waals surface area contributed by atoms with Crippen LogP contribution in [-0.4, -0.2) is 19.5 Å². The topological polar surface area (TPSA) is 29.5 Å². The number of hydrogen-bond acceptors (Lipinski definition) is 2. The van der Waals surface area contributed by atoms with Crippen molar-refractivity contribution >= 4 is 22.7 Å². The maximum Gasteiger partial charge on any atom is 0.320 e. The largest absolute Gasteiger partial charge is 0.496 e. The molecule has 0 aliphatic carbocycles. The van der Waals surface area contributed by atoms with E-state index in [1.165, 1.54) is 4.90 Å². The van der Waals surface area contributed by atoms with Gasteiger partial charge in [0.25, 0.3) is 0 Å². The van der Waals surface area contributed by atoms with Gasteiger partial charge in [0.15, 0.2) is 0 Å². The van der Waals surface area contributed by atoms with E-state index >= 15 is 0 Å². The summed E-state index contributed by atoms with van der Waals surface area (Å²) >= 11 is 5.34. The van der Waals surface area contributed by atoms with Crippen molar-refractivity contribution in [2.75, 3.05) is 19.1 Å². The SMILES string of the molecule is COc1ccc(N(C)C(=O)Cl)cc1C. The lowest BCUT2D eigenvalue weighted by Crippen LogP contribution is -2.19. The van der Waals surface area contributed by atoms with Crippen LogP contribution in [0.1, 0.15) is 5.56 Å². The summed E-state index contributed by atoms with van der Waals surface area (Å²) in [7, 11) is 3.23. The number of halogens is 1. The van der Waals surface area contributed by atoms with Crippen LogP contribution in [-0.2, 0) is 0 Å². The quantitative estimate of drug-likeness (QED) is 0.559. The molecule has 0 bridgehead atoms. The molecule has 0 aliphatic heterocycles. The third-order valence-corrected chi connectivity index (χ3v) is 2.28. The highest BCUT2D eigenvalue weighted by Crippen LogP contribution is 2.23. The van der Waals surface area contributed by atoms with E-state index in [2.05, 4.69) is 0 Å². The van der Waals surface area contributed by atoms with Crippen molar-refractivity contribution in [1.29, 1.82) is 0 Å². The second-order valence-corrected chi connectivity index (χ2v) is 3.29. The van der Waals surface area contributed by atoms with Crippen molar-refractivity contribution in [3.63, 3.8) is 0 Å². The Balaban J connectivity index is 3.02. The Bertz CT molecular complexity index is 352. The molecule has 0 saturated heterocycles. The van der Waals surface area contributed by atoms with Gasteiger partial charge in [-0.2, -0.15) is 0 Å². The highest BCUT2D eigenvalue weighted by molar-refractivity contribution is 6.66. The molecule has 0 spiro atoms. The van der Waals surface area contributed by atoms with Crippen LogP contribution in [0.3, 0.4) is 0 Å². The molecule has 4 heteroatoms. The number of aryl methyl sites for hydroxylation is 1. The van der Waals surface area contributed by atoms with E-state index in [1.54, 1.807) is 26.3 Å². The first kappa shape index (κ1) is 10.9. The first-order valence-electron chi connectivity index (χ1n) is 4.14. The van der Waals surface area contributed by atoms with Crippen LogP contribution in [0.4, 0.5) is 10.5 Å². The summed E-state index contributed by atoms with van der Waals surface area (Å²) in [5.74, 6) is 0.796. The second kappa shape index (κ2) is 4.33. The molecule has 1 aromatic rings. The molecule has 14 heavy (non-hydrogen) atoms. The van der Waals surface area contributed by atoms with E-state index in [1.807, 2.05) is 13.0 Å². The van der Waals surface area contributed by atoms with Gasteiger partial charge < -0.3 is 9.64 Å². The minimum Gasteiger partial charge on any atom is -0.496 e. The average molecular weight is 214 g/mol. The molecule has 0 heterocycles. The number of nitrogens with zero attached hydrogens (tertiary/aromatic N) is 1. The predicted molar refractivity (Wildman–Crippen MR) is 57.4 cm³/mol. The lowest BCUT2D eigenvalue weighted by atomic mass is 10.2. The number of ether oxygens (including phenoxy) is 1. The third kappa shape index (κ3) is 2.17. The summed E-state index contributed by atoms with van der Waals surface area (Å²) in [5, 5.41) is -0.505. The van der Waals surface area contributed by atoms with Crippen molar-refractivity contribution < 1.29 is 9.53 Å². The number of carbonyl (C=O) groups excluding carboxylic acids is 1. The molecule has 1 rings (SSSR count). The second-order valence-electron chi connectivity index (χ2n) is 2.97. The van der Waals surface area contributed by atoms with Crippen LogP contribution in [0.5, 0.6) is 5.75 Å². The fraction of sp³-hybridized carbons (Fsp3) is 0.300. The van der Waals surface area contributed by atoms with Crippen molar-refractivity contribution in [3.05, 3.63) is 23.8 Å². The molecular weight excluding hydrogens is 202 g/mol. The number of rotatable bonds is 2. The summed E-state index contributed by atoms with van der Waals surface area (Å²) in [6, 6.07) is 5.44. The minimum atomic E-state index is -0.505. The van der Waals surface area contributed by atoms with Gasteiger partial charge in [-0.15, -0.1) is 0 Å². The van der Waals surface area contributed by atoms with Crippen molar-refractivity contribution in [2.24, 2.45) is 0 Å². The molecule has 0 aromatic heterocycles. The van der Waals surface area contributed by atoms with Crippen molar-refractivity contribution in [1.82, 2.24) is 0 Å². The summed E-state index contributed by atoms with van der Waals surface area (Å²) in [5.41, 5.74) is 1.72. The Morgan fingerprint density at radius 3 is 2.57 bits per heavy atom. The van der Waals surface area contributed by atoms with E-state index in [0.29, 0.717) is 0 Å². The minimum absolute atomic E-state index is 0.505. The molecule has 0 radical (unpaired) electrons. The molecule has 0 unspecified atom stereocenters. The van der Waals surface area contributed by atoms with Crippen LogP contribution in [0.25, 0.3) is 0 Å². The van der Waals surface area contributed by atoms with E-state index in [4.69, 9.17) is 16.3 Å². The monoisotopic (exact) mass is 213 g/mol. The Morgan fingerprint density at radius 2 is 2.14 bits per heavy atom. The van der Waals surface area contributed by atoms with Gasteiger partial charge in [0.2, 0.25) is 0 Å². The van der Waals surface area contributed by atoms with Gasteiger partial charge in [0.1, 0.15) is 5.75 Å². The zero-order valence-electron chi connectivity index (χ0n) is 8.37. The number of benzene rings is 1. The highest BCUT2D eigenvalue weighted by Gasteiger charge is 2.08. The van der Waals surface area contributed by atoms with E-state index in [0.717, 1.165) is 17.0 Å². The summed E-state index contributed by atoms with van der Waals surface area (Å²) in [4.78, 5) is 12.2. The maximum absolute atomic E-state index is 10.9. The lowest BCUT2D eigenvalue weighted by Gasteiger charge is -2.15. The van der Waals surface area contributed by atoms with Crippen molar-refractivity contribution in [2.45, 2.75) is 6.92 Å². The van der Waals surface area contributed by atoms with E-state index in [9.17, 15) is 4.79 Å². The summed E-state index contributed by atoms with van der Waals surface area (Å²) in [6.07, 6.45) is 0. The molecule has 0 N–H and O–H groups in total. The van der Waals surface area contributed by atoms with Gasteiger partial charge in [0.05, 0.1) is 7.11 Å². The lowest BCUT2D eigenvalue weighted by molar-refractivity contribution is 0.265. The fourth-order valence-corrected chi connectivity index (χ4v) is 1.27. The number of anilines is 1. The number of hydrogen-bond donors (Lipinski definition) is 0. The number of methoxy groups -OCH3 is 1. The molecule has 0 fully saturated rings. The Kier molecular flexibility index (Phi) is 3.36. The van der Waals surface area contributed by atoms with Gasteiger partial charge in [-0.3, -0.25) is 4.79 Å². The van der Waals surface area contributed by atoms with Crippen LogP contribution in [0.15, 0.2) is 18.2 Å². The molecule has 0 atom stereocenters. The highest BCUT2D eigenvalue weighted by atomic mass is 35.5. The van der Waals surface area contributed by atoms with Gasteiger partial charge in [0, 0.05) is 12.7 Å². The predicted octanol–water partition coefficient (Wildman–Crippen LogP) is 2.80. The molecule has 3 nitrogen and oxygen atoms in total. The molecule has 0 aliphatic rings. The standard InChI is InChI=1S/C10H12ClNO2/c1-7-6-8(12(2)10(11)13)4-5-9(7)14-3/h4-6H,1-3H3. The molecule has 0 saturated carbocycles. The maximum atomic E-state index is 10.9. The van der Waals surface area contributed by atoms with Crippen LogP contribution >= 0.6 is 11.6 Å². The smallest absolute Gasteiger partial charge is 0.320 e. The van der Waals surface area contributed by atoms with Gasteiger partial charge in [-0.1, -0.05) is 0 Å². The number of amides is 1. The fourth-order valence-electron chi connectivity index (χ4n) is 1.17. The van der Waals surface area contributed by atoms with Gasteiger partial charge >= 0.3 is 5.37 Å². The number of carbonyl (C=O) groups is 1. The van der Waals surface area contributed by atoms with Crippen LogP contribution in [0.2, 0.25) is 0 Å². The Hall–Kier alpha value is -1.22. The zero-order chi connectivity index (χ0) is 10.7. The van der Waals surface area contributed by atoms with Crippen LogP contribution < -0.4 is 9.64 Å². The first-order valence-corrected chi connectivity index (χ1v) is 4.52. The average Bonchev–Trinajstić information content (AvgIpc) is 2.16.